The fraction of sp³-hybridized carbons (Fsp3) is 0.261. The highest BCUT2D eigenvalue weighted by Gasteiger charge is 2.11. The van der Waals surface area contributed by atoms with Gasteiger partial charge < -0.3 is 16.4 Å². The number of nitrogens with zero attached hydrogens (tertiary/aromatic N) is 4. The van der Waals surface area contributed by atoms with Crippen LogP contribution < -0.4 is 16.4 Å². The average molecular weight is 549 g/mol. The van der Waals surface area contributed by atoms with Gasteiger partial charge in [0.05, 0.1) is 11.4 Å². The van der Waals surface area contributed by atoms with E-state index in [4.69, 9.17) is 16.0 Å². The Balaban J connectivity index is 0.000000497. The van der Waals surface area contributed by atoms with Gasteiger partial charge in [-0.15, -0.1) is 10.2 Å². The second-order valence-electron chi connectivity index (χ2n) is 7.32. The maximum Gasteiger partial charge on any atom is 0.264 e. The summed E-state index contributed by atoms with van der Waals surface area (Å²) in [7, 11) is -3.96. The SMILES string of the molecule is CCCN(CCCS(=O)(=O)O)c1ccc(N=Nc2ccc(Br)cn2)c(N)c1.Nc1ccccc1. The van der Waals surface area contributed by atoms with Gasteiger partial charge in [0.2, 0.25) is 0 Å². The van der Waals surface area contributed by atoms with E-state index in [2.05, 4.69) is 31.1 Å². The molecule has 9 nitrogen and oxygen atoms in total. The van der Waals surface area contributed by atoms with Crippen molar-refractivity contribution >= 4 is 54.6 Å². The third kappa shape index (κ3) is 10.3. The monoisotopic (exact) mass is 548 g/mol. The molecule has 0 aliphatic heterocycles. The second kappa shape index (κ2) is 13.6. The summed E-state index contributed by atoms with van der Waals surface area (Å²) < 4.78 is 31.5. The Bertz CT molecular complexity index is 1160. The Kier molecular flexibility index (Phi) is 10.9. The molecule has 0 spiro atoms. The third-order valence-corrected chi connectivity index (χ3v) is 5.75. The molecule has 0 saturated heterocycles. The molecule has 0 saturated carbocycles. The van der Waals surface area contributed by atoms with Crippen LogP contribution >= 0.6 is 15.9 Å². The zero-order valence-corrected chi connectivity index (χ0v) is 21.3. The van der Waals surface area contributed by atoms with Gasteiger partial charge in [0.15, 0.2) is 5.82 Å². The number of nitrogen functional groups attached to an aromatic ring is 2. The maximum absolute atomic E-state index is 10.9. The minimum atomic E-state index is -3.96. The number of hydrogen-bond acceptors (Lipinski definition) is 8. The van der Waals surface area contributed by atoms with E-state index in [0.717, 1.165) is 28.8 Å². The summed E-state index contributed by atoms with van der Waals surface area (Å²) in [4.78, 5) is 6.15. The topological polar surface area (TPSA) is 147 Å². The molecule has 0 fully saturated rings. The summed E-state index contributed by atoms with van der Waals surface area (Å²) >= 11 is 3.31. The van der Waals surface area contributed by atoms with Crippen molar-refractivity contribution in [3.63, 3.8) is 0 Å². The number of azo groups is 1. The lowest BCUT2D eigenvalue weighted by atomic mass is 10.2. The van der Waals surface area contributed by atoms with E-state index < -0.39 is 10.1 Å². The van der Waals surface area contributed by atoms with Gasteiger partial charge in [-0.25, -0.2) is 4.98 Å². The van der Waals surface area contributed by atoms with Crippen molar-refractivity contribution in [2.45, 2.75) is 19.8 Å². The van der Waals surface area contributed by atoms with Crippen LogP contribution in [0.1, 0.15) is 19.8 Å². The molecule has 0 bridgehead atoms. The number of nitrogens with two attached hydrogens (primary N) is 2. The molecule has 11 heteroatoms. The zero-order valence-electron chi connectivity index (χ0n) is 18.9. The predicted molar refractivity (Wildman–Crippen MR) is 141 cm³/mol. The van der Waals surface area contributed by atoms with Crippen molar-refractivity contribution in [3.8, 4) is 0 Å². The van der Waals surface area contributed by atoms with Gasteiger partial charge in [-0.3, -0.25) is 4.55 Å². The molecular weight excluding hydrogens is 520 g/mol. The molecule has 3 aromatic rings. The molecule has 0 unspecified atom stereocenters. The van der Waals surface area contributed by atoms with Crippen LogP contribution in [0.3, 0.4) is 0 Å². The number of benzene rings is 2. The van der Waals surface area contributed by atoms with Crippen LogP contribution in [0.15, 0.2) is 81.6 Å². The Morgan fingerprint density at radius 3 is 2.29 bits per heavy atom. The minimum absolute atomic E-state index is 0.269. The number of hydrogen-bond donors (Lipinski definition) is 3. The van der Waals surface area contributed by atoms with Crippen molar-refractivity contribution in [2.75, 3.05) is 35.2 Å². The van der Waals surface area contributed by atoms with Crippen molar-refractivity contribution in [1.29, 1.82) is 0 Å². The predicted octanol–water partition coefficient (Wildman–Crippen LogP) is 5.60. The Hall–Kier alpha value is -3.02. The molecule has 0 atom stereocenters. The van der Waals surface area contributed by atoms with Crippen LogP contribution in [-0.4, -0.2) is 36.8 Å². The molecule has 0 aliphatic carbocycles. The summed E-state index contributed by atoms with van der Waals surface area (Å²) in [5.74, 6) is 0.203. The van der Waals surface area contributed by atoms with E-state index in [9.17, 15) is 8.42 Å². The molecule has 0 radical (unpaired) electrons. The zero-order chi connectivity index (χ0) is 25.0. The van der Waals surface area contributed by atoms with Crippen molar-refractivity contribution in [1.82, 2.24) is 4.98 Å². The van der Waals surface area contributed by atoms with Gasteiger partial charge in [0.1, 0.15) is 5.69 Å². The van der Waals surface area contributed by atoms with Crippen LogP contribution in [0.25, 0.3) is 0 Å². The molecule has 3 rings (SSSR count). The first-order chi connectivity index (χ1) is 16.2. The van der Waals surface area contributed by atoms with Crippen LogP contribution in [-0.2, 0) is 10.1 Å². The largest absolute Gasteiger partial charge is 0.399 e. The van der Waals surface area contributed by atoms with Gasteiger partial charge in [-0.1, -0.05) is 25.1 Å². The van der Waals surface area contributed by atoms with E-state index >= 15 is 0 Å². The quantitative estimate of drug-likeness (QED) is 0.179. The number of halogens is 1. The summed E-state index contributed by atoms with van der Waals surface area (Å²) in [6, 6.07) is 18.5. The number of para-hydroxylation sites is 1. The Morgan fingerprint density at radius 2 is 1.76 bits per heavy atom. The number of rotatable bonds is 9. The molecule has 1 heterocycles. The summed E-state index contributed by atoms with van der Waals surface area (Å²) in [5, 5.41) is 8.21. The van der Waals surface area contributed by atoms with Crippen LogP contribution in [0.4, 0.5) is 28.6 Å². The Labute approximate surface area is 208 Å². The Morgan fingerprint density at radius 1 is 1.03 bits per heavy atom. The standard InChI is InChI=1S/C17H22BrN5O3S.C6H7N/c1-2-8-23(9-3-10-27(24,25)26)14-5-6-16(15(19)11-14)21-22-17-7-4-13(18)12-20-17;7-6-4-2-1-3-5-6/h4-7,11-12H,2-3,8-10,19H2,1H3,(H,24,25,26);1-5H,7H2. The average Bonchev–Trinajstić information content (AvgIpc) is 2.79. The van der Waals surface area contributed by atoms with Gasteiger partial charge in [-0.2, -0.15) is 8.42 Å². The van der Waals surface area contributed by atoms with Crippen molar-refractivity contribution in [3.05, 3.63) is 71.3 Å². The van der Waals surface area contributed by atoms with E-state index in [1.807, 2.05) is 54.3 Å². The number of pyridine rings is 1. The van der Waals surface area contributed by atoms with E-state index in [-0.39, 0.29) is 5.75 Å². The van der Waals surface area contributed by atoms with Crippen LogP contribution in [0.5, 0.6) is 0 Å². The molecule has 5 N–H and O–H groups in total. The first-order valence-corrected chi connectivity index (χ1v) is 13.0. The van der Waals surface area contributed by atoms with Crippen LogP contribution in [0.2, 0.25) is 0 Å². The van der Waals surface area contributed by atoms with E-state index in [1.165, 1.54) is 0 Å². The highest BCUT2D eigenvalue weighted by atomic mass is 79.9. The summed E-state index contributed by atoms with van der Waals surface area (Å²) in [6.45, 7) is 3.28. The first-order valence-electron chi connectivity index (χ1n) is 10.6. The second-order valence-corrected chi connectivity index (χ2v) is 9.80. The molecule has 1 aromatic heterocycles. The fourth-order valence-electron chi connectivity index (χ4n) is 2.89. The summed E-state index contributed by atoms with van der Waals surface area (Å²) in [6.07, 6.45) is 2.86. The van der Waals surface area contributed by atoms with Crippen molar-refractivity contribution < 1.29 is 13.0 Å². The lowest BCUT2D eigenvalue weighted by Crippen LogP contribution is -2.26. The molecule has 2 aromatic carbocycles. The highest BCUT2D eigenvalue weighted by Crippen LogP contribution is 2.29. The van der Waals surface area contributed by atoms with E-state index in [0.29, 0.717) is 30.2 Å². The van der Waals surface area contributed by atoms with Gasteiger partial charge in [-0.05, 0) is 71.2 Å². The smallest absolute Gasteiger partial charge is 0.264 e. The molecule has 0 amide bonds. The normalized spacial score (nSPS) is 11.1. The third-order valence-electron chi connectivity index (χ3n) is 4.47. The van der Waals surface area contributed by atoms with Crippen LogP contribution in [0, 0.1) is 0 Å². The number of anilines is 3. The maximum atomic E-state index is 10.9. The fourth-order valence-corrected chi connectivity index (χ4v) is 3.62. The summed E-state index contributed by atoms with van der Waals surface area (Å²) in [5.41, 5.74) is 14.1. The molecule has 182 valence electrons. The van der Waals surface area contributed by atoms with Gasteiger partial charge in [0, 0.05) is 35.1 Å². The van der Waals surface area contributed by atoms with Gasteiger partial charge in [0.25, 0.3) is 10.1 Å². The first kappa shape index (κ1) is 27.2. The molecular formula is C23H29BrN6O3S. The molecule has 0 aliphatic rings. The van der Waals surface area contributed by atoms with Gasteiger partial charge >= 0.3 is 0 Å². The van der Waals surface area contributed by atoms with E-state index in [1.54, 1.807) is 24.4 Å². The number of aromatic nitrogens is 1. The minimum Gasteiger partial charge on any atom is -0.399 e. The highest BCUT2D eigenvalue weighted by molar-refractivity contribution is 9.10. The van der Waals surface area contributed by atoms with Crippen molar-refractivity contribution in [2.24, 2.45) is 10.2 Å². The lowest BCUT2D eigenvalue weighted by Gasteiger charge is -2.24. The molecule has 34 heavy (non-hydrogen) atoms. The lowest BCUT2D eigenvalue weighted by molar-refractivity contribution is 0.481.